The molecule has 3 rings (SSSR count). The minimum atomic E-state index is 0. The average molecular weight is 531 g/mol. The molecule has 0 spiro atoms. The monoisotopic (exact) mass is 531 g/mol. The van der Waals surface area contributed by atoms with Gasteiger partial charge in [-0.25, -0.2) is 4.98 Å². The van der Waals surface area contributed by atoms with E-state index in [9.17, 15) is 0 Å². The van der Waals surface area contributed by atoms with Gasteiger partial charge >= 0.3 is 0 Å². The van der Waals surface area contributed by atoms with Gasteiger partial charge in [-0.1, -0.05) is 6.07 Å². The maximum atomic E-state index is 5.93. The van der Waals surface area contributed by atoms with Gasteiger partial charge in [0.1, 0.15) is 5.82 Å². The summed E-state index contributed by atoms with van der Waals surface area (Å²) in [5.74, 6) is 2.00. The van der Waals surface area contributed by atoms with Gasteiger partial charge in [0.25, 0.3) is 0 Å². The Morgan fingerprint density at radius 3 is 2.67 bits per heavy atom. The van der Waals surface area contributed by atoms with Gasteiger partial charge in [0.15, 0.2) is 5.96 Å². The molecular weight excluding hydrogens is 493 g/mol. The van der Waals surface area contributed by atoms with E-state index in [0.29, 0.717) is 12.1 Å². The summed E-state index contributed by atoms with van der Waals surface area (Å²) in [4.78, 5) is 11.7. The zero-order chi connectivity index (χ0) is 20.3. The Bertz CT molecular complexity index is 614. The van der Waals surface area contributed by atoms with E-state index in [1.807, 2.05) is 6.20 Å². The van der Waals surface area contributed by atoms with Gasteiger partial charge in [0.2, 0.25) is 0 Å². The Morgan fingerprint density at radius 2 is 2.00 bits per heavy atom. The second-order valence-corrected chi connectivity index (χ2v) is 7.90. The molecule has 2 fully saturated rings. The van der Waals surface area contributed by atoms with Gasteiger partial charge in [-0.3, -0.25) is 4.99 Å². The van der Waals surface area contributed by atoms with Crippen LogP contribution in [0.5, 0.6) is 0 Å². The third kappa shape index (κ3) is 8.55. The van der Waals surface area contributed by atoms with Crippen molar-refractivity contribution in [3.05, 3.63) is 23.9 Å². The van der Waals surface area contributed by atoms with Crippen LogP contribution in [0.1, 0.15) is 44.6 Å². The number of aromatic nitrogens is 1. The Labute approximate surface area is 198 Å². The average Bonchev–Trinajstić information content (AvgIpc) is 2.75. The van der Waals surface area contributed by atoms with Gasteiger partial charge in [-0.05, 0) is 57.6 Å². The summed E-state index contributed by atoms with van der Waals surface area (Å²) in [5, 5.41) is 6.99. The van der Waals surface area contributed by atoms with Gasteiger partial charge in [-0.2, -0.15) is 0 Å². The van der Waals surface area contributed by atoms with Crippen molar-refractivity contribution < 1.29 is 9.47 Å². The summed E-state index contributed by atoms with van der Waals surface area (Å²) < 4.78 is 11.3. The fourth-order valence-electron chi connectivity index (χ4n) is 3.76. The molecule has 0 bridgehead atoms. The molecule has 0 unspecified atom stereocenters. The third-order valence-electron chi connectivity index (χ3n) is 5.49. The highest BCUT2D eigenvalue weighted by molar-refractivity contribution is 14.0. The Balaban J connectivity index is 0.00000320. The van der Waals surface area contributed by atoms with Gasteiger partial charge < -0.3 is 25.0 Å². The second kappa shape index (κ2) is 14.0. The molecule has 0 saturated carbocycles. The van der Waals surface area contributed by atoms with Crippen LogP contribution in [0.25, 0.3) is 0 Å². The third-order valence-corrected chi connectivity index (χ3v) is 5.49. The maximum Gasteiger partial charge on any atom is 0.191 e. The Kier molecular flexibility index (Phi) is 11.8. The molecule has 1 aromatic heterocycles. The van der Waals surface area contributed by atoms with Gasteiger partial charge in [-0.15, -0.1) is 24.0 Å². The van der Waals surface area contributed by atoms with Gasteiger partial charge in [0, 0.05) is 58.2 Å². The fourth-order valence-corrected chi connectivity index (χ4v) is 3.76. The first-order chi connectivity index (χ1) is 14.2. The lowest BCUT2D eigenvalue weighted by molar-refractivity contribution is -0.0318. The van der Waals surface area contributed by atoms with Crippen LogP contribution in [0.2, 0.25) is 0 Å². The predicted octanol–water partition coefficient (Wildman–Crippen LogP) is 3.12. The van der Waals surface area contributed by atoms with Crippen molar-refractivity contribution in [3.8, 4) is 0 Å². The van der Waals surface area contributed by atoms with Crippen molar-refractivity contribution >= 4 is 35.8 Å². The van der Waals surface area contributed by atoms with Crippen LogP contribution < -0.4 is 15.5 Å². The predicted molar refractivity (Wildman–Crippen MR) is 133 cm³/mol. The minimum Gasteiger partial charge on any atom is -0.381 e. The molecule has 2 saturated heterocycles. The number of nitrogens with one attached hydrogen (secondary N) is 2. The Hall–Kier alpha value is -1.13. The molecule has 30 heavy (non-hydrogen) atoms. The number of aliphatic imine (C=N–C) groups is 1. The summed E-state index contributed by atoms with van der Waals surface area (Å²) in [7, 11) is 0. The van der Waals surface area contributed by atoms with E-state index in [1.165, 1.54) is 5.56 Å². The number of piperidine rings is 1. The van der Waals surface area contributed by atoms with Crippen molar-refractivity contribution in [2.24, 2.45) is 4.99 Å². The molecule has 2 aliphatic rings. The van der Waals surface area contributed by atoms with E-state index in [-0.39, 0.29) is 24.0 Å². The molecule has 8 heteroatoms. The number of guanidine groups is 1. The molecule has 3 heterocycles. The lowest BCUT2D eigenvalue weighted by atomic mass is 10.1. The lowest BCUT2D eigenvalue weighted by Crippen LogP contribution is -2.49. The molecule has 0 aliphatic carbocycles. The number of pyridine rings is 1. The summed E-state index contributed by atoms with van der Waals surface area (Å²) in [6, 6.07) is 4.71. The molecule has 170 valence electrons. The molecule has 0 radical (unpaired) electrons. The number of ether oxygens (including phenoxy) is 2. The van der Waals surface area contributed by atoms with Crippen LogP contribution in [0.4, 0.5) is 5.82 Å². The highest BCUT2D eigenvalue weighted by atomic mass is 127. The normalized spacial score (nSPS) is 18.7. The summed E-state index contributed by atoms with van der Waals surface area (Å²) in [5.41, 5.74) is 1.20. The number of nitrogens with zero attached hydrogens (tertiary/aromatic N) is 3. The second-order valence-electron chi connectivity index (χ2n) is 7.90. The van der Waals surface area contributed by atoms with E-state index in [4.69, 9.17) is 14.5 Å². The van der Waals surface area contributed by atoms with E-state index in [0.717, 1.165) is 89.9 Å². The Morgan fingerprint density at radius 1 is 1.23 bits per heavy atom. The molecule has 0 amide bonds. The number of rotatable bonds is 8. The molecule has 0 atom stereocenters. The van der Waals surface area contributed by atoms with E-state index in [1.54, 1.807) is 0 Å². The van der Waals surface area contributed by atoms with E-state index in [2.05, 4.69) is 46.5 Å². The standard InChI is InChI=1S/C22H37N5O2.HI/c1-3-23-22(24-11-4-14-29-20-9-15-28-16-10-20)26-19-7-12-27(13-8-19)21-6-5-18(2)17-25-21;/h5-6,17,19-20H,3-4,7-16H2,1-2H3,(H2,23,24,26);1H. The first-order valence-corrected chi connectivity index (χ1v) is 11.2. The highest BCUT2D eigenvalue weighted by Gasteiger charge is 2.21. The van der Waals surface area contributed by atoms with Crippen molar-refractivity contribution in [2.75, 3.05) is 50.9 Å². The van der Waals surface area contributed by atoms with Crippen molar-refractivity contribution in [1.82, 2.24) is 15.6 Å². The summed E-state index contributed by atoms with van der Waals surface area (Å²) in [6.07, 6.45) is 7.48. The van der Waals surface area contributed by atoms with Crippen molar-refractivity contribution in [2.45, 2.75) is 58.1 Å². The largest absolute Gasteiger partial charge is 0.381 e. The lowest BCUT2D eigenvalue weighted by Gasteiger charge is -2.33. The summed E-state index contributed by atoms with van der Waals surface area (Å²) in [6.45, 7) is 10.3. The minimum absolute atomic E-state index is 0. The van der Waals surface area contributed by atoms with Crippen LogP contribution in [0, 0.1) is 6.92 Å². The number of aryl methyl sites for hydroxylation is 1. The number of hydrogen-bond donors (Lipinski definition) is 2. The van der Waals surface area contributed by atoms with Crippen LogP contribution >= 0.6 is 24.0 Å². The quantitative estimate of drug-likeness (QED) is 0.233. The molecule has 2 aliphatic heterocycles. The van der Waals surface area contributed by atoms with E-state index < -0.39 is 0 Å². The van der Waals surface area contributed by atoms with Crippen LogP contribution in [0.3, 0.4) is 0 Å². The highest BCUT2D eigenvalue weighted by Crippen LogP contribution is 2.18. The zero-order valence-corrected chi connectivity index (χ0v) is 20.8. The summed E-state index contributed by atoms with van der Waals surface area (Å²) >= 11 is 0. The van der Waals surface area contributed by atoms with Crippen molar-refractivity contribution in [1.29, 1.82) is 0 Å². The SMILES string of the molecule is CCNC(=NCCCOC1CCOCC1)NC1CCN(c2ccc(C)cn2)CC1.I. The smallest absolute Gasteiger partial charge is 0.191 e. The van der Waals surface area contributed by atoms with E-state index >= 15 is 0 Å². The molecule has 1 aromatic rings. The first kappa shape index (κ1) is 25.1. The maximum absolute atomic E-state index is 5.93. The molecule has 7 nitrogen and oxygen atoms in total. The fraction of sp³-hybridized carbons (Fsp3) is 0.727. The van der Waals surface area contributed by atoms with Crippen LogP contribution in [0.15, 0.2) is 23.3 Å². The van der Waals surface area contributed by atoms with Gasteiger partial charge in [0.05, 0.1) is 6.10 Å². The first-order valence-electron chi connectivity index (χ1n) is 11.2. The van der Waals surface area contributed by atoms with Crippen LogP contribution in [-0.2, 0) is 9.47 Å². The van der Waals surface area contributed by atoms with Crippen molar-refractivity contribution in [3.63, 3.8) is 0 Å². The number of hydrogen-bond acceptors (Lipinski definition) is 5. The topological polar surface area (TPSA) is 71.0 Å². The number of anilines is 1. The zero-order valence-electron chi connectivity index (χ0n) is 18.4. The molecular formula is C22H38IN5O2. The van der Waals surface area contributed by atoms with Crippen LogP contribution in [-0.4, -0.2) is 69.1 Å². The molecule has 2 N–H and O–H groups in total. The number of halogens is 1. The molecule has 0 aromatic carbocycles.